The van der Waals surface area contributed by atoms with E-state index in [9.17, 15) is 13.2 Å². The minimum Gasteiger partial charge on any atom is -0.314 e. The molecule has 0 unspecified atom stereocenters. The number of carbonyl (C=O) groups is 1. The first-order chi connectivity index (χ1) is 8.34. The van der Waals surface area contributed by atoms with Crippen LogP contribution in [-0.2, 0) is 14.8 Å². The van der Waals surface area contributed by atoms with E-state index in [4.69, 9.17) is 0 Å². The monoisotopic (exact) mass is 275 g/mol. The highest BCUT2D eigenvalue weighted by atomic mass is 32.2. The molecule has 0 aromatic rings. The summed E-state index contributed by atoms with van der Waals surface area (Å²) in [4.78, 5) is 14.2. The van der Waals surface area contributed by atoms with Gasteiger partial charge in [-0.3, -0.25) is 14.4 Å². The van der Waals surface area contributed by atoms with Gasteiger partial charge in [0.25, 0.3) is 5.91 Å². The maximum atomic E-state index is 12.2. The van der Waals surface area contributed by atoms with Crippen LogP contribution in [-0.4, -0.2) is 56.2 Å². The molecule has 2 fully saturated rings. The molecule has 0 atom stereocenters. The van der Waals surface area contributed by atoms with Crippen molar-refractivity contribution in [3.8, 4) is 0 Å². The predicted molar refractivity (Wildman–Crippen MR) is 68.6 cm³/mol. The predicted octanol–water partition coefficient (Wildman–Crippen LogP) is -0.721. The number of hydrogen-bond donors (Lipinski definition) is 2. The molecule has 2 N–H and O–H groups in total. The van der Waals surface area contributed by atoms with Gasteiger partial charge in [-0.2, -0.15) is 0 Å². The zero-order valence-corrected chi connectivity index (χ0v) is 11.7. The van der Waals surface area contributed by atoms with Crippen molar-refractivity contribution in [2.24, 2.45) is 0 Å². The maximum Gasteiger partial charge on any atom is 0.253 e. The zero-order chi connectivity index (χ0) is 13.4. The number of carbonyl (C=O) groups excluding carboxylic acids is 1. The smallest absolute Gasteiger partial charge is 0.253 e. The molecule has 0 aromatic heterocycles. The van der Waals surface area contributed by atoms with Gasteiger partial charge in [-0.15, -0.1) is 0 Å². The van der Waals surface area contributed by atoms with Crippen LogP contribution in [0.2, 0.25) is 0 Å². The Morgan fingerprint density at radius 1 is 1.28 bits per heavy atom. The molecule has 0 aromatic carbocycles. The second-order valence-corrected chi connectivity index (χ2v) is 7.43. The van der Waals surface area contributed by atoms with E-state index >= 15 is 0 Å². The number of nitrogens with zero attached hydrogens (tertiary/aromatic N) is 1. The Morgan fingerprint density at radius 2 is 1.83 bits per heavy atom. The van der Waals surface area contributed by atoms with Gasteiger partial charge in [0, 0.05) is 26.2 Å². The van der Waals surface area contributed by atoms with Crippen LogP contribution in [0.15, 0.2) is 0 Å². The van der Waals surface area contributed by atoms with Crippen molar-refractivity contribution in [3.63, 3.8) is 0 Å². The molecule has 104 valence electrons. The molecule has 0 radical (unpaired) electrons. The largest absolute Gasteiger partial charge is 0.314 e. The second kappa shape index (κ2) is 4.79. The van der Waals surface area contributed by atoms with E-state index in [1.54, 1.807) is 13.8 Å². The van der Waals surface area contributed by atoms with E-state index in [0.29, 0.717) is 12.8 Å². The van der Waals surface area contributed by atoms with Crippen molar-refractivity contribution in [1.29, 1.82) is 0 Å². The molecule has 0 spiro atoms. The van der Waals surface area contributed by atoms with Gasteiger partial charge >= 0.3 is 0 Å². The van der Waals surface area contributed by atoms with Gasteiger partial charge in [0.1, 0.15) is 0 Å². The fourth-order valence-corrected chi connectivity index (χ4v) is 3.51. The first-order valence-corrected chi connectivity index (χ1v) is 7.90. The minimum atomic E-state index is -3.45. The summed E-state index contributed by atoms with van der Waals surface area (Å²) in [5, 5.41) is 2.85. The van der Waals surface area contributed by atoms with Crippen molar-refractivity contribution < 1.29 is 13.2 Å². The Kier molecular flexibility index (Phi) is 3.66. The van der Waals surface area contributed by atoms with Crippen LogP contribution < -0.4 is 10.0 Å². The van der Waals surface area contributed by atoms with Crippen LogP contribution in [0, 0.1) is 0 Å². The van der Waals surface area contributed by atoms with Crippen molar-refractivity contribution in [2.75, 3.05) is 26.2 Å². The molecule has 0 bridgehead atoms. The highest BCUT2D eigenvalue weighted by Crippen LogP contribution is 2.28. The van der Waals surface area contributed by atoms with E-state index in [2.05, 4.69) is 10.0 Å². The third-order valence-electron chi connectivity index (χ3n) is 3.66. The fraction of sp³-hybridized carbons (Fsp3) is 0.909. The van der Waals surface area contributed by atoms with Gasteiger partial charge in [0.2, 0.25) is 10.0 Å². The van der Waals surface area contributed by atoms with E-state index < -0.39 is 21.5 Å². The van der Waals surface area contributed by atoms with Gasteiger partial charge in [-0.25, -0.2) is 8.42 Å². The van der Waals surface area contributed by atoms with Crippen molar-refractivity contribution >= 4 is 15.9 Å². The first kappa shape index (κ1) is 13.8. The SMILES string of the molecule is CC(C)(C(=O)NS(=O)(=O)C1CC1)N1CCNCC1. The highest BCUT2D eigenvalue weighted by molar-refractivity contribution is 7.90. The van der Waals surface area contributed by atoms with Crippen LogP contribution in [0.1, 0.15) is 26.7 Å². The number of piperazine rings is 1. The summed E-state index contributed by atoms with van der Waals surface area (Å²) in [7, 11) is -3.45. The molecule has 1 amide bonds. The van der Waals surface area contributed by atoms with Crippen molar-refractivity contribution in [3.05, 3.63) is 0 Å². The lowest BCUT2D eigenvalue weighted by molar-refractivity contribution is -0.130. The summed E-state index contributed by atoms with van der Waals surface area (Å²) >= 11 is 0. The van der Waals surface area contributed by atoms with E-state index in [1.807, 2.05) is 4.90 Å². The Labute approximate surface area is 108 Å². The Morgan fingerprint density at radius 3 is 2.33 bits per heavy atom. The highest BCUT2D eigenvalue weighted by Gasteiger charge is 2.42. The van der Waals surface area contributed by atoms with E-state index in [1.165, 1.54) is 0 Å². The Balaban J connectivity index is 2.02. The zero-order valence-electron chi connectivity index (χ0n) is 10.9. The molecule has 2 aliphatic rings. The first-order valence-electron chi connectivity index (χ1n) is 6.36. The summed E-state index contributed by atoms with van der Waals surface area (Å²) in [6.07, 6.45) is 1.33. The Bertz CT molecular complexity index is 423. The summed E-state index contributed by atoms with van der Waals surface area (Å²) in [6.45, 7) is 6.71. The molecule has 7 heteroatoms. The third kappa shape index (κ3) is 2.84. The molecule has 1 aliphatic carbocycles. The average Bonchev–Trinajstić information content (AvgIpc) is 3.13. The number of sulfonamides is 1. The lowest BCUT2D eigenvalue weighted by atomic mass is 10.0. The van der Waals surface area contributed by atoms with Crippen LogP contribution in [0.4, 0.5) is 0 Å². The quantitative estimate of drug-likeness (QED) is 0.708. The molecule has 1 saturated carbocycles. The van der Waals surface area contributed by atoms with Gasteiger partial charge in [-0.05, 0) is 26.7 Å². The second-order valence-electron chi connectivity index (χ2n) is 5.47. The summed E-state index contributed by atoms with van der Waals surface area (Å²) < 4.78 is 25.8. The third-order valence-corrected chi connectivity index (χ3v) is 5.48. The van der Waals surface area contributed by atoms with Crippen molar-refractivity contribution in [1.82, 2.24) is 14.9 Å². The number of rotatable bonds is 4. The molecule has 1 heterocycles. The molecule has 18 heavy (non-hydrogen) atoms. The fourth-order valence-electron chi connectivity index (χ4n) is 2.08. The van der Waals surface area contributed by atoms with Gasteiger partial charge in [-0.1, -0.05) is 0 Å². The standard InChI is InChI=1S/C11H21N3O3S/c1-11(2,14-7-5-12-6-8-14)10(15)13-18(16,17)9-3-4-9/h9,12H,3-8H2,1-2H3,(H,13,15). The lowest BCUT2D eigenvalue weighted by Crippen LogP contribution is -2.60. The van der Waals surface area contributed by atoms with Gasteiger partial charge in [0.05, 0.1) is 10.8 Å². The van der Waals surface area contributed by atoms with E-state index in [-0.39, 0.29) is 5.25 Å². The molecular formula is C11H21N3O3S. The minimum absolute atomic E-state index is 0.361. The molecular weight excluding hydrogens is 254 g/mol. The summed E-state index contributed by atoms with van der Waals surface area (Å²) in [5.41, 5.74) is -0.788. The number of nitrogens with one attached hydrogen (secondary N) is 2. The van der Waals surface area contributed by atoms with Gasteiger partial charge < -0.3 is 5.32 Å². The summed E-state index contributed by atoms with van der Waals surface area (Å²) in [5.74, 6) is -0.420. The van der Waals surface area contributed by atoms with Crippen LogP contribution >= 0.6 is 0 Å². The lowest BCUT2D eigenvalue weighted by Gasteiger charge is -2.39. The summed E-state index contributed by atoms with van der Waals surface area (Å²) in [6, 6.07) is 0. The van der Waals surface area contributed by atoms with Crippen LogP contribution in [0.3, 0.4) is 0 Å². The molecule has 1 saturated heterocycles. The van der Waals surface area contributed by atoms with E-state index in [0.717, 1.165) is 26.2 Å². The van der Waals surface area contributed by atoms with Crippen LogP contribution in [0.5, 0.6) is 0 Å². The van der Waals surface area contributed by atoms with Gasteiger partial charge in [0.15, 0.2) is 0 Å². The van der Waals surface area contributed by atoms with Crippen LogP contribution in [0.25, 0.3) is 0 Å². The average molecular weight is 275 g/mol. The van der Waals surface area contributed by atoms with Crippen molar-refractivity contribution in [2.45, 2.75) is 37.5 Å². The normalized spacial score (nSPS) is 22.8. The Hall–Kier alpha value is -0.660. The molecule has 6 nitrogen and oxygen atoms in total. The topological polar surface area (TPSA) is 78.5 Å². The number of amides is 1. The maximum absolute atomic E-state index is 12.2. The number of hydrogen-bond acceptors (Lipinski definition) is 5. The molecule has 2 rings (SSSR count). The molecule has 1 aliphatic heterocycles.